The molecular weight excluding hydrogens is 378 g/mol. The second-order valence-corrected chi connectivity index (χ2v) is 8.57. The topological polar surface area (TPSA) is 89.5 Å². The first-order valence-corrected chi connectivity index (χ1v) is 10.9. The van der Waals surface area contributed by atoms with Gasteiger partial charge in [0.25, 0.3) is 5.91 Å². The molecule has 0 spiro atoms. The molecule has 0 bridgehead atoms. The van der Waals surface area contributed by atoms with Crippen molar-refractivity contribution in [3.63, 3.8) is 0 Å². The van der Waals surface area contributed by atoms with Gasteiger partial charge in [-0.05, 0) is 42.7 Å². The second-order valence-electron chi connectivity index (χ2n) is 6.32. The van der Waals surface area contributed by atoms with Gasteiger partial charge in [0, 0.05) is 5.69 Å². The number of nitrogens with one attached hydrogen (secondary N) is 1. The average molecular weight is 404 g/mol. The maximum Gasteiger partial charge on any atom is 0.339 e. The third-order valence-corrected chi connectivity index (χ3v) is 6.00. The molecule has 0 radical (unpaired) electrons. The third-order valence-electron chi connectivity index (χ3n) is 4.21. The van der Waals surface area contributed by atoms with E-state index in [1.807, 2.05) is 12.1 Å². The van der Waals surface area contributed by atoms with Gasteiger partial charge in [-0.2, -0.15) is 0 Å². The molecule has 0 saturated carbocycles. The highest BCUT2D eigenvalue weighted by molar-refractivity contribution is 7.91. The fourth-order valence-electron chi connectivity index (χ4n) is 2.60. The van der Waals surface area contributed by atoms with E-state index < -0.39 is 28.3 Å². The van der Waals surface area contributed by atoms with E-state index >= 15 is 0 Å². The summed E-state index contributed by atoms with van der Waals surface area (Å²) in [5.41, 5.74) is 1.73. The number of anilines is 1. The molecule has 2 aromatic rings. The molecule has 1 N–H and O–H groups in total. The Morgan fingerprint density at radius 2 is 1.68 bits per heavy atom. The molecule has 2 rings (SSSR count). The second kappa shape index (κ2) is 10.0. The number of ether oxygens (including phenoxy) is 1. The van der Waals surface area contributed by atoms with Crippen molar-refractivity contribution in [2.45, 2.75) is 38.0 Å². The predicted molar refractivity (Wildman–Crippen MR) is 108 cm³/mol. The molecule has 0 unspecified atom stereocenters. The smallest absolute Gasteiger partial charge is 0.339 e. The van der Waals surface area contributed by atoms with Gasteiger partial charge < -0.3 is 10.1 Å². The molecule has 0 aliphatic carbocycles. The van der Waals surface area contributed by atoms with Crippen molar-refractivity contribution >= 4 is 27.4 Å². The average Bonchev–Trinajstić information content (AvgIpc) is 2.71. The minimum absolute atomic E-state index is 0.0718. The predicted octanol–water partition coefficient (Wildman–Crippen LogP) is 3.62. The van der Waals surface area contributed by atoms with Gasteiger partial charge in [-0.3, -0.25) is 4.79 Å². The number of amides is 1. The van der Waals surface area contributed by atoms with Crippen LogP contribution in [0, 0.1) is 0 Å². The summed E-state index contributed by atoms with van der Waals surface area (Å²) in [7, 11) is -3.57. The number of unbranched alkanes of at least 4 members (excludes halogenated alkanes) is 1. The summed E-state index contributed by atoms with van der Waals surface area (Å²) >= 11 is 0. The van der Waals surface area contributed by atoms with Crippen LogP contribution in [0.5, 0.6) is 0 Å². The van der Waals surface area contributed by atoms with E-state index in [1.165, 1.54) is 30.7 Å². The van der Waals surface area contributed by atoms with Crippen molar-refractivity contribution in [2.75, 3.05) is 17.7 Å². The van der Waals surface area contributed by atoms with Crippen LogP contribution in [0.1, 0.15) is 42.6 Å². The minimum atomic E-state index is -3.57. The van der Waals surface area contributed by atoms with Gasteiger partial charge in [0.15, 0.2) is 16.4 Å². The summed E-state index contributed by atoms with van der Waals surface area (Å²) in [5.74, 6) is -1.48. The number of hydrogen-bond acceptors (Lipinski definition) is 5. The number of hydrogen-bond donors (Lipinski definition) is 1. The van der Waals surface area contributed by atoms with Gasteiger partial charge in [-0.15, -0.1) is 0 Å². The van der Waals surface area contributed by atoms with Gasteiger partial charge in [0.1, 0.15) is 0 Å². The lowest BCUT2D eigenvalue weighted by atomic mass is 10.1. The highest BCUT2D eigenvalue weighted by Crippen LogP contribution is 2.18. The van der Waals surface area contributed by atoms with Crippen LogP contribution in [0.25, 0.3) is 0 Å². The summed E-state index contributed by atoms with van der Waals surface area (Å²) in [6.45, 7) is 3.13. The molecule has 28 heavy (non-hydrogen) atoms. The summed E-state index contributed by atoms with van der Waals surface area (Å²) < 4.78 is 29.2. The number of sulfone groups is 1. The summed E-state index contributed by atoms with van der Waals surface area (Å²) in [6, 6.07) is 13.3. The molecule has 0 atom stereocenters. The Morgan fingerprint density at radius 3 is 2.32 bits per heavy atom. The molecule has 0 heterocycles. The molecule has 0 aliphatic rings. The zero-order valence-electron chi connectivity index (χ0n) is 16.1. The number of carbonyl (C=O) groups is 2. The SMILES string of the molecule is CCCCc1ccc(NC(=O)COC(=O)c2ccccc2S(=O)(=O)CC)cc1. The van der Waals surface area contributed by atoms with Crippen LogP contribution < -0.4 is 5.32 Å². The Bertz CT molecular complexity index is 920. The van der Waals surface area contributed by atoms with Crippen LogP contribution >= 0.6 is 0 Å². The Labute approximate surface area is 165 Å². The third kappa shape index (κ3) is 5.92. The van der Waals surface area contributed by atoms with E-state index in [-0.39, 0.29) is 16.2 Å². The quantitative estimate of drug-likeness (QED) is 0.646. The van der Waals surface area contributed by atoms with E-state index in [0.717, 1.165) is 19.3 Å². The highest BCUT2D eigenvalue weighted by atomic mass is 32.2. The van der Waals surface area contributed by atoms with Crippen LogP contribution in [-0.2, 0) is 25.8 Å². The molecule has 0 fully saturated rings. The van der Waals surface area contributed by atoms with E-state index in [0.29, 0.717) is 5.69 Å². The van der Waals surface area contributed by atoms with Crippen LogP contribution in [0.15, 0.2) is 53.4 Å². The molecule has 2 aromatic carbocycles. The van der Waals surface area contributed by atoms with Crippen molar-refractivity contribution in [1.29, 1.82) is 0 Å². The van der Waals surface area contributed by atoms with E-state index in [4.69, 9.17) is 4.74 Å². The number of aryl methyl sites for hydroxylation is 1. The fourth-order valence-corrected chi connectivity index (χ4v) is 3.69. The van der Waals surface area contributed by atoms with E-state index in [9.17, 15) is 18.0 Å². The first-order chi connectivity index (χ1) is 13.4. The number of esters is 1. The van der Waals surface area contributed by atoms with Gasteiger partial charge >= 0.3 is 5.97 Å². The first kappa shape index (κ1) is 21.6. The van der Waals surface area contributed by atoms with Gasteiger partial charge in [-0.1, -0.05) is 44.5 Å². The summed E-state index contributed by atoms with van der Waals surface area (Å²) in [4.78, 5) is 24.2. The Hall–Kier alpha value is -2.67. The van der Waals surface area contributed by atoms with Crippen molar-refractivity contribution in [3.8, 4) is 0 Å². The normalized spacial score (nSPS) is 11.1. The van der Waals surface area contributed by atoms with Gasteiger partial charge in [0.05, 0.1) is 16.2 Å². The zero-order chi connectivity index (χ0) is 20.6. The lowest BCUT2D eigenvalue weighted by molar-refractivity contribution is -0.119. The zero-order valence-corrected chi connectivity index (χ0v) is 16.9. The standard InChI is InChI=1S/C21H25NO5S/c1-3-5-8-16-11-13-17(14-12-16)22-20(23)15-27-21(24)18-9-6-7-10-19(18)28(25,26)4-2/h6-7,9-14H,3-5,8,15H2,1-2H3,(H,22,23). The largest absolute Gasteiger partial charge is 0.452 e. The van der Waals surface area contributed by atoms with Crippen LogP contribution in [-0.4, -0.2) is 32.7 Å². The molecule has 0 aromatic heterocycles. The Kier molecular flexibility index (Phi) is 7.75. The molecule has 0 saturated heterocycles. The molecular formula is C21H25NO5S. The van der Waals surface area contributed by atoms with Gasteiger partial charge in [-0.25, -0.2) is 13.2 Å². The van der Waals surface area contributed by atoms with E-state index in [1.54, 1.807) is 18.2 Å². The highest BCUT2D eigenvalue weighted by Gasteiger charge is 2.22. The molecule has 0 aliphatic heterocycles. The summed E-state index contributed by atoms with van der Waals surface area (Å²) in [6.07, 6.45) is 3.21. The van der Waals surface area contributed by atoms with Crippen molar-refractivity contribution in [1.82, 2.24) is 0 Å². The maximum atomic E-state index is 12.3. The van der Waals surface area contributed by atoms with Crippen LogP contribution in [0.2, 0.25) is 0 Å². The van der Waals surface area contributed by atoms with Gasteiger partial charge in [0.2, 0.25) is 0 Å². The fraction of sp³-hybridized carbons (Fsp3) is 0.333. The van der Waals surface area contributed by atoms with E-state index in [2.05, 4.69) is 12.2 Å². The number of carbonyl (C=O) groups excluding carboxylic acids is 2. The number of benzene rings is 2. The van der Waals surface area contributed by atoms with Crippen molar-refractivity contribution in [2.24, 2.45) is 0 Å². The first-order valence-electron chi connectivity index (χ1n) is 9.25. The Balaban J connectivity index is 1.95. The monoisotopic (exact) mass is 403 g/mol. The number of rotatable bonds is 9. The van der Waals surface area contributed by atoms with Crippen LogP contribution in [0.4, 0.5) is 5.69 Å². The molecule has 7 heteroatoms. The lowest BCUT2D eigenvalue weighted by Crippen LogP contribution is -2.22. The molecule has 1 amide bonds. The molecule has 6 nitrogen and oxygen atoms in total. The van der Waals surface area contributed by atoms with Crippen molar-refractivity contribution in [3.05, 3.63) is 59.7 Å². The Morgan fingerprint density at radius 1 is 1.00 bits per heavy atom. The van der Waals surface area contributed by atoms with Crippen LogP contribution in [0.3, 0.4) is 0 Å². The summed E-state index contributed by atoms with van der Waals surface area (Å²) in [5, 5.41) is 2.65. The minimum Gasteiger partial charge on any atom is -0.452 e. The maximum absolute atomic E-state index is 12.3. The van der Waals surface area contributed by atoms with Crippen molar-refractivity contribution < 1.29 is 22.7 Å². The molecule has 150 valence electrons. The lowest BCUT2D eigenvalue weighted by Gasteiger charge is -2.10.